The van der Waals surface area contributed by atoms with Crippen molar-refractivity contribution < 1.29 is 14.3 Å². The zero-order chi connectivity index (χ0) is 16.8. The molecule has 1 aliphatic rings. The first-order valence-electron chi connectivity index (χ1n) is 7.84. The van der Waals surface area contributed by atoms with Crippen LogP contribution in [0.25, 0.3) is 6.08 Å². The Morgan fingerprint density at radius 3 is 2.57 bits per heavy atom. The fourth-order valence-corrected chi connectivity index (χ4v) is 2.62. The van der Waals surface area contributed by atoms with E-state index in [-0.39, 0.29) is 11.9 Å². The van der Waals surface area contributed by atoms with Gasteiger partial charge in [0, 0.05) is 17.9 Å². The smallest absolute Gasteiger partial charge is 0.334 e. The highest BCUT2D eigenvalue weighted by Gasteiger charge is 2.22. The number of allylic oxidation sites excluding steroid dienone is 3. The summed E-state index contributed by atoms with van der Waals surface area (Å²) in [5.41, 5.74) is 4.12. The van der Waals surface area contributed by atoms with Crippen LogP contribution in [0.5, 0.6) is 5.75 Å². The van der Waals surface area contributed by atoms with Crippen molar-refractivity contribution in [2.24, 2.45) is 5.92 Å². The van der Waals surface area contributed by atoms with E-state index in [1.807, 2.05) is 38.1 Å². The van der Waals surface area contributed by atoms with E-state index < -0.39 is 0 Å². The summed E-state index contributed by atoms with van der Waals surface area (Å²) < 4.78 is 10.2. The SMILES string of the molecule is C=C(C)C(/C=C/c1ccc(OC)cc1)C/C(C)=C1/CCOC1=O. The molecular formula is C20H24O3. The van der Waals surface area contributed by atoms with E-state index in [0.717, 1.165) is 40.9 Å². The molecule has 1 atom stereocenters. The van der Waals surface area contributed by atoms with Gasteiger partial charge in [-0.1, -0.05) is 42.0 Å². The first kappa shape index (κ1) is 17.1. The van der Waals surface area contributed by atoms with Crippen LogP contribution >= 0.6 is 0 Å². The maximum Gasteiger partial charge on any atom is 0.334 e. The predicted octanol–water partition coefficient (Wildman–Crippen LogP) is 4.55. The minimum absolute atomic E-state index is 0.165. The van der Waals surface area contributed by atoms with E-state index >= 15 is 0 Å². The van der Waals surface area contributed by atoms with Gasteiger partial charge in [0.1, 0.15) is 5.75 Å². The van der Waals surface area contributed by atoms with E-state index in [1.54, 1.807) is 7.11 Å². The van der Waals surface area contributed by atoms with Gasteiger partial charge in [-0.05, 0) is 38.0 Å². The molecule has 1 aromatic rings. The lowest BCUT2D eigenvalue weighted by Crippen LogP contribution is -2.03. The second kappa shape index (κ2) is 7.82. The Kier molecular flexibility index (Phi) is 5.80. The van der Waals surface area contributed by atoms with Gasteiger partial charge < -0.3 is 9.47 Å². The third-order valence-electron chi connectivity index (χ3n) is 4.14. The normalized spacial score (nSPS) is 18.0. The zero-order valence-corrected chi connectivity index (χ0v) is 14.1. The summed E-state index contributed by atoms with van der Waals surface area (Å²) in [7, 11) is 1.66. The Morgan fingerprint density at radius 2 is 2.04 bits per heavy atom. The summed E-state index contributed by atoms with van der Waals surface area (Å²) >= 11 is 0. The summed E-state index contributed by atoms with van der Waals surface area (Å²) in [5.74, 6) is 0.888. The molecule has 1 aliphatic heterocycles. The Bertz CT molecular complexity index is 635. The molecule has 1 heterocycles. The average Bonchev–Trinajstić information content (AvgIpc) is 2.97. The lowest BCUT2D eigenvalue weighted by molar-refractivity contribution is -0.135. The Balaban J connectivity index is 2.10. The van der Waals surface area contributed by atoms with E-state index in [9.17, 15) is 4.79 Å². The lowest BCUT2D eigenvalue weighted by Gasteiger charge is -2.14. The van der Waals surface area contributed by atoms with Gasteiger partial charge in [-0.3, -0.25) is 0 Å². The van der Waals surface area contributed by atoms with Crippen LogP contribution in [0.3, 0.4) is 0 Å². The summed E-state index contributed by atoms with van der Waals surface area (Å²) in [6, 6.07) is 7.92. The largest absolute Gasteiger partial charge is 0.497 e. The maximum absolute atomic E-state index is 11.7. The number of carbonyl (C=O) groups excluding carboxylic acids is 1. The second-order valence-electron chi connectivity index (χ2n) is 5.93. The van der Waals surface area contributed by atoms with Gasteiger partial charge in [-0.25, -0.2) is 4.79 Å². The molecule has 3 nitrogen and oxygen atoms in total. The molecular weight excluding hydrogens is 288 g/mol. The maximum atomic E-state index is 11.7. The van der Waals surface area contributed by atoms with Crippen LogP contribution in [0.1, 0.15) is 32.3 Å². The number of esters is 1. The molecule has 0 saturated carbocycles. The molecule has 0 spiro atoms. The Morgan fingerprint density at radius 1 is 1.35 bits per heavy atom. The number of hydrogen-bond donors (Lipinski definition) is 0. The van der Waals surface area contributed by atoms with Gasteiger partial charge in [0.05, 0.1) is 13.7 Å². The van der Waals surface area contributed by atoms with Crippen molar-refractivity contribution >= 4 is 12.0 Å². The molecule has 0 bridgehead atoms. The second-order valence-corrected chi connectivity index (χ2v) is 5.93. The molecule has 23 heavy (non-hydrogen) atoms. The van der Waals surface area contributed by atoms with Crippen molar-refractivity contribution in [2.45, 2.75) is 26.7 Å². The highest BCUT2D eigenvalue weighted by atomic mass is 16.5. The van der Waals surface area contributed by atoms with Gasteiger partial charge in [0.2, 0.25) is 0 Å². The van der Waals surface area contributed by atoms with Gasteiger partial charge in [-0.15, -0.1) is 0 Å². The molecule has 0 N–H and O–H groups in total. The van der Waals surface area contributed by atoms with Gasteiger partial charge in [-0.2, -0.15) is 0 Å². The Labute approximate surface area is 138 Å². The van der Waals surface area contributed by atoms with Gasteiger partial charge in [0.25, 0.3) is 0 Å². The fourth-order valence-electron chi connectivity index (χ4n) is 2.62. The highest BCUT2D eigenvalue weighted by Crippen LogP contribution is 2.27. The molecule has 122 valence electrons. The van der Waals surface area contributed by atoms with Crippen LogP contribution in [0.2, 0.25) is 0 Å². The molecule has 0 aromatic heterocycles. The number of hydrogen-bond acceptors (Lipinski definition) is 3. The van der Waals surface area contributed by atoms with E-state index in [0.29, 0.717) is 6.61 Å². The highest BCUT2D eigenvalue weighted by molar-refractivity contribution is 5.91. The van der Waals surface area contributed by atoms with Crippen molar-refractivity contribution in [3.63, 3.8) is 0 Å². The minimum Gasteiger partial charge on any atom is -0.497 e. The van der Waals surface area contributed by atoms with E-state index in [1.165, 1.54) is 0 Å². The van der Waals surface area contributed by atoms with Crippen molar-refractivity contribution in [3.05, 3.63) is 59.2 Å². The van der Waals surface area contributed by atoms with Crippen LogP contribution in [-0.2, 0) is 9.53 Å². The molecule has 1 unspecified atom stereocenters. The molecule has 3 heteroatoms. The molecule has 1 fully saturated rings. The predicted molar refractivity (Wildman–Crippen MR) is 93.2 cm³/mol. The number of methoxy groups -OCH3 is 1. The topological polar surface area (TPSA) is 35.5 Å². The third-order valence-corrected chi connectivity index (χ3v) is 4.14. The van der Waals surface area contributed by atoms with Gasteiger partial charge in [0.15, 0.2) is 0 Å². The quantitative estimate of drug-likeness (QED) is 0.439. The monoisotopic (exact) mass is 312 g/mol. The summed E-state index contributed by atoms with van der Waals surface area (Å²) in [4.78, 5) is 11.7. The lowest BCUT2D eigenvalue weighted by atomic mass is 9.90. The van der Waals surface area contributed by atoms with Crippen molar-refractivity contribution in [1.29, 1.82) is 0 Å². The van der Waals surface area contributed by atoms with Crippen LogP contribution in [0.15, 0.2) is 53.6 Å². The van der Waals surface area contributed by atoms with E-state index in [4.69, 9.17) is 9.47 Å². The molecule has 0 radical (unpaired) electrons. The van der Waals surface area contributed by atoms with E-state index in [2.05, 4.69) is 18.7 Å². The van der Waals surface area contributed by atoms with Crippen molar-refractivity contribution in [3.8, 4) is 5.75 Å². The Hall–Kier alpha value is -2.29. The van der Waals surface area contributed by atoms with Crippen molar-refractivity contribution in [1.82, 2.24) is 0 Å². The molecule has 2 rings (SSSR count). The van der Waals surface area contributed by atoms with Gasteiger partial charge >= 0.3 is 5.97 Å². The number of carbonyl (C=O) groups is 1. The van der Waals surface area contributed by atoms with Crippen LogP contribution in [-0.4, -0.2) is 19.7 Å². The zero-order valence-electron chi connectivity index (χ0n) is 14.1. The first-order chi connectivity index (χ1) is 11.0. The number of ether oxygens (including phenoxy) is 2. The average molecular weight is 312 g/mol. The van der Waals surface area contributed by atoms with Crippen LogP contribution < -0.4 is 4.74 Å². The van der Waals surface area contributed by atoms with Crippen molar-refractivity contribution in [2.75, 3.05) is 13.7 Å². The minimum atomic E-state index is -0.165. The molecule has 0 amide bonds. The molecule has 1 saturated heterocycles. The summed E-state index contributed by atoms with van der Waals surface area (Å²) in [5, 5.41) is 0. The number of benzene rings is 1. The third kappa shape index (κ3) is 4.59. The summed E-state index contributed by atoms with van der Waals surface area (Å²) in [6.07, 6.45) is 5.75. The summed E-state index contributed by atoms with van der Waals surface area (Å²) in [6.45, 7) is 8.62. The number of cyclic esters (lactones) is 1. The number of rotatable bonds is 6. The van der Waals surface area contributed by atoms with Crippen LogP contribution in [0.4, 0.5) is 0 Å². The first-order valence-corrected chi connectivity index (χ1v) is 7.84. The molecule has 1 aromatic carbocycles. The molecule has 0 aliphatic carbocycles. The standard InChI is InChI=1S/C20H24O3/c1-14(2)17(13-15(3)19-11-12-23-20(19)21)8-5-16-6-9-18(22-4)10-7-16/h5-10,17H,1,11-13H2,2-4H3/b8-5+,19-15-. The van der Waals surface area contributed by atoms with Crippen LogP contribution in [0, 0.1) is 5.92 Å². The fraction of sp³-hybridized carbons (Fsp3) is 0.350.